The van der Waals surface area contributed by atoms with Crippen molar-refractivity contribution in [1.82, 2.24) is 14.9 Å². The molecule has 170 valence electrons. The standard InChI is InChI=1S/C25H31N3O3S/c29-32(30,25-7-3-4-20-17-26-12-8-23(20)25)27-16-19-9-13-28(14-10-19)15-11-21-18-31-24-6-2-1-5-22(21)24/h1-7,18-19,26-27H,8-17H2. The monoisotopic (exact) mass is 453 g/mol. The Bertz CT molecular complexity index is 1180. The number of sulfonamides is 1. The van der Waals surface area contributed by atoms with Crippen molar-refractivity contribution in [3.05, 3.63) is 65.4 Å². The number of furan rings is 1. The predicted octanol–water partition coefficient (Wildman–Crippen LogP) is 3.31. The largest absolute Gasteiger partial charge is 0.464 e. The number of piperidine rings is 1. The van der Waals surface area contributed by atoms with E-state index >= 15 is 0 Å². The molecule has 6 nitrogen and oxygen atoms in total. The number of hydrogen-bond acceptors (Lipinski definition) is 5. The summed E-state index contributed by atoms with van der Waals surface area (Å²) in [5.41, 5.74) is 4.28. The van der Waals surface area contributed by atoms with Crippen molar-refractivity contribution in [3.8, 4) is 0 Å². The van der Waals surface area contributed by atoms with Crippen LogP contribution in [0.15, 0.2) is 58.0 Å². The third-order valence-corrected chi connectivity index (χ3v) is 8.42. The maximum atomic E-state index is 13.0. The minimum Gasteiger partial charge on any atom is -0.464 e. The number of hydrogen-bond donors (Lipinski definition) is 2. The Balaban J connectivity index is 1.12. The highest BCUT2D eigenvalue weighted by atomic mass is 32.2. The van der Waals surface area contributed by atoms with E-state index < -0.39 is 10.0 Å². The fourth-order valence-corrected chi connectivity index (χ4v) is 6.40. The van der Waals surface area contributed by atoms with E-state index in [4.69, 9.17) is 4.42 Å². The van der Waals surface area contributed by atoms with E-state index in [1.165, 1.54) is 10.9 Å². The van der Waals surface area contributed by atoms with Crippen molar-refractivity contribution in [2.45, 2.75) is 37.1 Å². The maximum absolute atomic E-state index is 13.0. The molecule has 0 radical (unpaired) electrons. The topological polar surface area (TPSA) is 74.6 Å². The van der Waals surface area contributed by atoms with Crippen LogP contribution in [0.1, 0.15) is 29.5 Å². The SMILES string of the molecule is O=S(=O)(NCC1CCN(CCc2coc3ccccc23)CC1)c1cccc2c1CCNC2. The van der Waals surface area contributed by atoms with E-state index in [-0.39, 0.29) is 0 Å². The predicted molar refractivity (Wildman–Crippen MR) is 126 cm³/mol. The molecule has 0 amide bonds. The van der Waals surface area contributed by atoms with Gasteiger partial charge in [-0.2, -0.15) is 0 Å². The molecule has 0 aliphatic carbocycles. The van der Waals surface area contributed by atoms with E-state index in [1.54, 1.807) is 6.07 Å². The highest BCUT2D eigenvalue weighted by Crippen LogP contribution is 2.25. The van der Waals surface area contributed by atoms with E-state index in [0.717, 1.165) is 75.1 Å². The lowest BCUT2D eigenvalue weighted by Crippen LogP contribution is -2.39. The molecule has 0 unspecified atom stereocenters. The fraction of sp³-hybridized carbons (Fsp3) is 0.440. The molecule has 3 aromatic rings. The minimum atomic E-state index is -3.48. The van der Waals surface area contributed by atoms with Gasteiger partial charge in [-0.25, -0.2) is 13.1 Å². The lowest BCUT2D eigenvalue weighted by Gasteiger charge is -2.32. The van der Waals surface area contributed by atoms with Crippen LogP contribution in [0.25, 0.3) is 11.0 Å². The van der Waals surface area contributed by atoms with Gasteiger partial charge in [-0.15, -0.1) is 0 Å². The van der Waals surface area contributed by atoms with Crippen LogP contribution in [0.3, 0.4) is 0 Å². The number of nitrogens with one attached hydrogen (secondary N) is 2. The second-order valence-electron chi connectivity index (χ2n) is 8.96. The summed E-state index contributed by atoms with van der Waals surface area (Å²) in [7, 11) is -3.48. The van der Waals surface area contributed by atoms with Crippen LogP contribution < -0.4 is 10.0 Å². The zero-order valence-electron chi connectivity index (χ0n) is 18.3. The Morgan fingerprint density at radius 3 is 2.81 bits per heavy atom. The lowest BCUT2D eigenvalue weighted by atomic mass is 9.97. The first kappa shape index (κ1) is 21.6. The van der Waals surface area contributed by atoms with Crippen molar-refractivity contribution >= 4 is 21.0 Å². The summed E-state index contributed by atoms with van der Waals surface area (Å²) >= 11 is 0. The molecule has 32 heavy (non-hydrogen) atoms. The van der Waals surface area contributed by atoms with Gasteiger partial charge in [0.2, 0.25) is 10.0 Å². The lowest BCUT2D eigenvalue weighted by molar-refractivity contribution is 0.187. The summed E-state index contributed by atoms with van der Waals surface area (Å²) in [4.78, 5) is 2.94. The normalized spacial score (nSPS) is 18.1. The summed E-state index contributed by atoms with van der Waals surface area (Å²) in [5.74, 6) is 0.386. The van der Waals surface area contributed by atoms with Gasteiger partial charge in [0, 0.05) is 25.0 Å². The second kappa shape index (κ2) is 9.35. The van der Waals surface area contributed by atoms with Gasteiger partial charge in [0.05, 0.1) is 11.2 Å². The molecule has 2 aliphatic rings. The molecule has 0 spiro atoms. The second-order valence-corrected chi connectivity index (χ2v) is 10.7. The molecule has 0 bridgehead atoms. The Labute approximate surface area is 190 Å². The maximum Gasteiger partial charge on any atom is 0.240 e. The molecule has 7 heteroatoms. The van der Waals surface area contributed by atoms with Crippen molar-refractivity contribution < 1.29 is 12.8 Å². The number of para-hydroxylation sites is 1. The van der Waals surface area contributed by atoms with Crippen molar-refractivity contribution in [2.24, 2.45) is 5.92 Å². The van der Waals surface area contributed by atoms with E-state index in [2.05, 4.69) is 27.1 Å². The van der Waals surface area contributed by atoms with Gasteiger partial charge in [0.15, 0.2) is 0 Å². The summed E-state index contributed by atoms with van der Waals surface area (Å²) in [6.07, 6.45) is 5.65. The number of rotatable bonds is 7. The zero-order chi connectivity index (χ0) is 22.0. The van der Waals surface area contributed by atoms with E-state index in [9.17, 15) is 8.42 Å². The summed E-state index contributed by atoms with van der Waals surface area (Å²) in [6.45, 7) is 5.11. The molecular weight excluding hydrogens is 422 g/mol. The van der Waals surface area contributed by atoms with Gasteiger partial charge >= 0.3 is 0 Å². The van der Waals surface area contributed by atoms with E-state index in [1.807, 2.05) is 30.5 Å². The van der Waals surface area contributed by atoms with Crippen molar-refractivity contribution in [3.63, 3.8) is 0 Å². The molecule has 5 rings (SSSR count). The number of benzene rings is 2. The van der Waals surface area contributed by atoms with Crippen molar-refractivity contribution in [2.75, 3.05) is 32.7 Å². The molecule has 0 saturated carbocycles. The Morgan fingerprint density at radius 2 is 1.94 bits per heavy atom. The van der Waals surface area contributed by atoms with Crippen LogP contribution in [0.2, 0.25) is 0 Å². The first-order valence-corrected chi connectivity index (χ1v) is 13.1. The highest BCUT2D eigenvalue weighted by molar-refractivity contribution is 7.89. The van der Waals surface area contributed by atoms with Gasteiger partial charge in [0.25, 0.3) is 0 Å². The van der Waals surface area contributed by atoms with Crippen LogP contribution >= 0.6 is 0 Å². The third kappa shape index (κ3) is 4.62. The minimum absolute atomic E-state index is 0.386. The van der Waals surface area contributed by atoms with Crippen LogP contribution in [-0.2, 0) is 29.4 Å². The Hall–Kier alpha value is -2.19. The molecule has 0 atom stereocenters. The molecule has 2 N–H and O–H groups in total. The number of nitrogens with zero attached hydrogens (tertiary/aromatic N) is 1. The van der Waals surface area contributed by atoms with E-state index in [0.29, 0.717) is 17.4 Å². The molecule has 1 aromatic heterocycles. The zero-order valence-corrected chi connectivity index (χ0v) is 19.2. The van der Waals surface area contributed by atoms with Gasteiger partial charge in [0.1, 0.15) is 5.58 Å². The number of likely N-dealkylation sites (tertiary alicyclic amines) is 1. The fourth-order valence-electron chi connectivity index (χ4n) is 4.97. The molecule has 1 fully saturated rings. The summed E-state index contributed by atoms with van der Waals surface area (Å²) < 4.78 is 34.6. The average Bonchev–Trinajstić information content (AvgIpc) is 3.25. The quantitative estimate of drug-likeness (QED) is 0.574. The summed E-state index contributed by atoms with van der Waals surface area (Å²) in [6, 6.07) is 13.8. The van der Waals surface area contributed by atoms with Gasteiger partial charge in [-0.3, -0.25) is 0 Å². The highest BCUT2D eigenvalue weighted by Gasteiger charge is 2.25. The van der Waals surface area contributed by atoms with Crippen LogP contribution in [0.5, 0.6) is 0 Å². The molecular formula is C25H31N3O3S. The molecule has 2 aromatic carbocycles. The van der Waals surface area contributed by atoms with Crippen LogP contribution in [-0.4, -0.2) is 46.0 Å². The average molecular weight is 454 g/mol. The van der Waals surface area contributed by atoms with Gasteiger partial charge in [-0.05, 0) is 80.1 Å². The van der Waals surface area contributed by atoms with Gasteiger partial charge in [-0.1, -0.05) is 30.3 Å². The third-order valence-electron chi connectivity index (χ3n) is 6.91. The molecule has 2 aliphatic heterocycles. The summed E-state index contributed by atoms with van der Waals surface area (Å²) in [5, 5.41) is 4.51. The Kier molecular flexibility index (Phi) is 6.33. The molecule has 3 heterocycles. The first-order valence-electron chi connectivity index (χ1n) is 11.6. The van der Waals surface area contributed by atoms with Crippen LogP contribution in [0, 0.1) is 5.92 Å². The smallest absolute Gasteiger partial charge is 0.240 e. The van der Waals surface area contributed by atoms with Gasteiger partial charge < -0.3 is 14.6 Å². The first-order chi connectivity index (χ1) is 15.6. The van der Waals surface area contributed by atoms with Crippen molar-refractivity contribution in [1.29, 1.82) is 0 Å². The Morgan fingerprint density at radius 1 is 1.09 bits per heavy atom. The number of fused-ring (bicyclic) bond motifs is 2. The molecule has 1 saturated heterocycles. The van der Waals surface area contributed by atoms with Crippen LogP contribution in [0.4, 0.5) is 0 Å².